The van der Waals surface area contributed by atoms with Crippen LogP contribution in [0.5, 0.6) is 0 Å². The molecule has 0 amide bonds. The molecule has 6 heteroatoms. The first kappa shape index (κ1) is 20.3. The number of oxazole rings is 1. The Kier molecular flexibility index (Phi) is 5.37. The van der Waals surface area contributed by atoms with Gasteiger partial charge < -0.3 is 4.42 Å². The van der Waals surface area contributed by atoms with Crippen LogP contribution in [-0.2, 0) is 5.75 Å². The third-order valence-electron chi connectivity index (χ3n) is 5.29. The molecule has 5 rings (SSSR count). The molecule has 158 valence electrons. The van der Waals surface area contributed by atoms with E-state index in [2.05, 4.69) is 6.92 Å². The van der Waals surface area contributed by atoms with E-state index in [1.807, 2.05) is 85.8 Å². The second-order valence-corrected chi connectivity index (χ2v) is 8.51. The van der Waals surface area contributed by atoms with Gasteiger partial charge in [-0.2, -0.15) is 0 Å². The van der Waals surface area contributed by atoms with Gasteiger partial charge in [-0.15, -0.1) is 0 Å². The van der Waals surface area contributed by atoms with Crippen LogP contribution >= 0.6 is 11.8 Å². The molecule has 0 aliphatic carbocycles. The molecule has 3 aromatic carbocycles. The number of aryl methyl sites for hydroxylation is 2. The first-order valence-electron chi connectivity index (χ1n) is 10.3. The van der Waals surface area contributed by atoms with Crippen molar-refractivity contribution in [2.75, 3.05) is 0 Å². The lowest BCUT2D eigenvalue weighted by molar-refractivity contribution is 0.540. The van der Waals surface area contributed by atoms with Crippen molar-refractivity contribution in [3.05, 3.63) is 106 Å². The summed E-state index contributed by atoms with van der Waals surface area (Å²) in [7, 11) is 0. The molecule has 32 heavy (non-hydrogen) atoms. The molecule has 2 heterocycles. The fourth-order valence-corrected chi connectivity index (χ4v) is 4.54. The lowest BCUT2D eigenvalue weighted by atomic mass is 10.1. The summed E-state index contributed by atoms with van der Waals surface area (Å²) in [5, 5.41) is 1.22. The summed E-state index contributed by atoms with van der Waals surface area (Å²) in [6, 6.07) is 25.1. The molecule has 0 radical (unpaired) electrons. The lowest BCUT2D eigenvalue weighted by Crippen LogP contribution is -2.21. The third-order valence-corrected chi connectivity index (χ3v) is 6.24. The van der Waals surface area contributed by atoms with Crippen LogP contribution in [0, 0.1) is 13.8 Å². The van der Waals surface area contributed by atoms with E-state index in [4.69, 9.17) is 14.4 Å². The maximum atomic E-state index is 13.3. The van der Waals surface area contributed by atoms with Crippen molar-refractivity contribution in [2.45, 2.75) is 24.8 Å². The second-order valence-electron chi connectivity index (χ2n) is 7.56. The second kappa shape index (κ2) is 8.48. The largest absolute Gasteiger partial charge is 0.441 e. The molecule has 0 N–H and O–H groups in total. The van der Waals surface area contributed by atoms with Gasteiger partial charge in [-0.25, -0.2) is 9.97 Å². The number of nitrogens with zero attached hydrogens (tertiary/aromatic N) is 3. The maximum Gasteiger partial charge on any atom is 0.266 e. The van der Waals surface area contributed by atoms with E-state index in [-0.39, 0.29) is 5.56 Å². The van der Waals surface area contributed by atoms with E-state index in [9.17, 15) is 4.79 Å². The van der Waals surface area contributed by atoms with Crippen molar-refractivity contribution in [1.82, 2.24) is 14.5 Å². The van der Waals surface area contributed by atoms with Crippen molar-refractivity contribution in [1.29, 1.82) is 0 Å². The highest BCUT2D eigenvalue weighted by atomic mass is 32.2. The molecule has 0 fully saturated rings. The van der Waals surface area contributed by atoms with Gasteiger partial charge >= 0.3 is 0 Å². The summed E-state index contributed by atoms with van der Waals surface area (Å²) in [6.07, 6.45) is 0. The Hall–Kier alpha value is -3.64. The molecule has 5 nitrogen and oxygen atoms in total. The van der Waals surface area contributed by atoms with Crippen LogP contribution in [0.3, 0.4) is 0 Å². The molecular formula is C26H21N3O2S. The van der Waals surface area contributed by atoms with Crippen LogP contribution in [0.25, 0.3) is 28.0 Å². The lowest BCUT2D eigenvalue weighted by Gasteiger charge is -2.12. The van der Waals surface area contributed by atoms with Gasteiger partial charge in [0, 0.05) is 11.3 Å². The van der Waals surface area contributed by atoms with E-state index in [1.54, 1.807) is 4.57 Å². The minimum Gasteiger partial charge on any atom is -0.441 e. The van der Waals surface area contributed by atoms with Gasteiger partial charge in [0.1, 0.15) is 5.76 Å². The van der Waals surface area contributed by atoms with Gasteiger partial charge in [0.25, 0.3) is 5.56 Å². The average molecular weight is 440 g/mol. The van der Waals surface area contributed by atoms with Crippen molar-refractivity contribution in [3.63, 3.8) is 0 Å². The Morgan fingerprint density at radius 3 is 2.38 bits per heavy atom. The van der Waals surface area contributed by atoms with Crippen molar-refractivity contribution < 1.29 is 4.42 Å². The summed E-state index contributed by atoms with van der Waals surface area (Å²) in [6.45, 7) is 3.97. The summed E-state index contributed by atoms with van der Waals surface area (Å²) in [4.78, 5) is 22.8. The number of fused-ring (bicyclic) bond motifs is 1. The van der Waals surface area contributed by atoms with Gasteiger partial charge in [0.2, 0.25) is 5.89 Å². The van der Waals surface area contributed by atoms with Gasteiger partial charge in [-0.1, -0.05) is 59.8 Å². The van der Waals surface area contributed by atoms with E-state index in [0.29, 0.717) is 27.7 Å². The van der Waals surface area contributed by atoms with E-state index >= 15 is 0 Å². The van der Waals surface area contributed by atoms with Gasteiger partial charge in [-0.05, 0) is 50.2 Å². The summed E-state index contributed by atoms with van der Waals surface area (Å²) >= 11 is 1.48. The third kappa shape index (κ3) is 3.85. The number of hydrogen-bond acceptors (Lipinski definition) is 5. The smallest absolute Gasteiger partial charge is 0.266 e. The number of benzene rings is 3. The number of hydrogen-bond donors (Lipinski definition) is 0. The quantitative estimate of drug-likeness (QED) is 0.250. The first-order valence-corrected chi connectivity index (χ1v) is 11.3. The molecule has 0 atom stereocenters. The number of rotatable bonds is 5. The molecule has 0 aliphatic heterocycles. The van der Waals surface area contributed by atoms with Crippen LogP contribution in [-0.4, -0.2) is 14.5 Å². The molecule has 5 aromatic rings. The highest BCUT2D eigenvalue weighted by Crippen LogP contribution is 2.28. The summed E-state index contributed by atoms with van der Waals surface area (Å²) in [5.74, 6) is 1.91. The van der Waals surface area contributed by atoms with Crippen LogP contribution < -0.4 is 5.56 Å². The fourth-order valence-electron chi connectivity index (χ4n) is 3.53. The first-order chi connectivity index (χ1) is 15.6. The van der Waals surface area contributed by atoms with Crippen molar-refractivity contribution >= 4 is 22.7 Å². The molecule has 2 aromatic heterocycles. The molecule has 0 saturated heterocycles. The maximum absolute atomic E-state index is 13.3. The topological polar surface area (TPSA) is 60.9 Å². The van der Waals surface area contributed by atoms with Gasteiger partial charge in [0.15, 0.2) is 5.16 Å². The highest BCUT2D eigenvalue weighted by Gasteiger charge is 2.16. The van der Waals surface area contributed by atoms with E-state index in [0.717, 1.165) is 22.7 Å². The van der Waals surface area contributed by atoms with Crippen LogP contribution in [0.1, 0.15) is 17.0 Å². The Morgan fingerprint density at radius 2 is 1.59 bits per heavy atom. The van der Waals surface area contributed by atoms with Gasteiger partial charge in [-0.3, -0.25) is 9.36 Å². The normalized spacial score (nSPS) is 11.2. The molecule has 0 spiro atoms. The Labute approximate surface area is 189 Å². The Bertz CT molecular complexity index is 1450. The van der Waals surface area contributed by atoms with Crippen LogP contribution in [0.4, 0.5) is 0 Å². The zero-order valence-electron chi connectivity index (χ0n) is 17.8. The molecule has 0 bridgehead atoms. The zero-order chi connectivity index (χ0) is 22.1. The average Bonchev–Trinajstić information content (AvgIpc) is 3.19. The fraction of sp³-hybridized carbons (Fsp3) is 0.115. The van der Waals surface area contributed by atoms with Crippen LogP contribution in [0.15, 0.2) is 93.2 Å². The minimum absolute atomic E-state index is 0.0819. The predicted octanol–water partition coefficient (Wildman–Crippen LogP) is 5.95. The molecular weight excluding hydrogens is 418 g/mol. The molecule has 0 aliphatic rings. The predicted molar refractivity (Wildman–Crippen MR) is 128 cm³/mol. The summed E-state index contributed by atoms with van der Waals surface area (Å²) < 4.78 is 7.59. The van der Waals surface area contributed by atoms with E-state index < -0.39 is 0 Å². The standard InChI is InChI=1S/C26H21N3O2S/c1-17-12-14-19(15-13-17)24-27-23(18(2)31-24)16-32-26-28-22-11-7-6-10-21(22)25(30)29(26)20-8-4-3-5-9-20/h3-15H,16H2,1-2H3. The number of thioether (sulfide) groups is 1. The Morgan fingerprint density at radius 1 is 0.875 bits per heavy atom. The summed E-state index contributed by atoms with van der Waals surface area (Å²) in [5.41, 5.74) is 4.36. The number of para-hydroxylation sites is 2. The molecule has 0 unspecified atom stereocenters. The molecule has 0 saturated carbocycles. The van der Waals surface area contributed by atoms with Crippen LogP contribution in [0.2, 0.25) is 0 Å². The SMILES string of the molecule is Cc1ccc(-c2nc(CSc3nc4ccccc4c(=O)n3-c3ccccc3)c(C)o2)cc1. The number of aromatic nitrogens is 3. The van der Waals surface area contributed by atoms with E-state index in [1.165, 1.54) is 17.3 Å². The monoisotopic (exact) mass is 439 g/mol. The van der Waals surface area contributed by atoms with Gasteiger partial charge in [0.05, 0.1) is 22.3 Å². The van der Waals surface area contributed by atoms with Crippen molar-refractivity contribution in [3.8, 4) is 17.1 Å². The van der Waals surface area contributed by atoms with Crippen molar-refractivity contribution in [2.24, 2.45) is 0 Å². The Balaban J connectivity index is 1.52. The highest BCUT2D eigenvalue weighted by molar-refractivity contribution is 7.98. The minimum atomic E-state index is -0.0819. The zero-order valence-corrected chi connectivity index (χ0v) is 18.6.